The number of rotatable bonds is 5. The Morgan fingerprint density at radius 1 is 1.08 bits per heavy atom. The molecule has 0 bridgehead atoms. The van der Waals surface area contributed by atoms with E-state index in [0.717, 1.165) is 12.6 Å². The van der Waals surface area contributed by atoms with Crippen molar-refractivity contribution in [2.45, 2.75) is 52.2 Å². The zero-order valence-electron chi connectivity index (χ0n) is 21.7. The molecule has 0 amide bonds. The summed E-state index contributed by atoms with van der Waals surface area (Å²) < 4.78 is 62.1. The predicted molar refractivity (Wildman–Crippen MR) is 142 cm³/mol. The third-order valence-corrected chi connectivity index (χ3v) is 8.40. The molecule has 4 heterocycles. The summed E-state index contributed by atoms with van der Waals surface area (Å²) in [6.45, 7) is 8.75. The maximum absolute atomic E-state index is 15.2. The summed E-state index contributed by atoms with van der Waals surface area (Å²) in [4.78, 5) is 14.6. The Morgan fingerprint density at radius 2 is 1.87 bits per heavy atom. The van der Waals surface area contributed by atoms with Crippen molar-refractivity contribution in [3.63, 3.8) is 0 Å². The lowest BCUT2D eigenvalue weighted by Crippen LogP contribution is -2.49. The molecule has 2 aliphatic rings. The molecule has 0 unspecified atom stereocenters. The van der Waals surface area contributed by atoms with Crippen LogP contribution in [0.3, 0.4) is 0 Å². The first-order valence-electron chi connectivity index (χ1n) is 12.5. The topological polar surface area (TPSA) is 101 Å². The molecule has 12 heteroatoms. The average Bonchev–Trinajstić information content (AvgIpc) is 2.85. The van der Waals surface area contributed by atoms with Crippen LogP contribution in [0.1, 0.15) is 40.5 Å². The molecule has 38 heavy (non-hydrogen) atoms. The van der Waals surface area contributed by atoms with Crippen molar-refractivity contribution in [3.05, 3.63) is 48.3 Å². The van der Waals surface area contributed by atoms with Crippen molar-refractivity contribution < 1.29 is 21.9 Å². The lowest BCUT2D eigenvalue weighted by atomic mass is 10.0. The number of benzene rings is 1. The number of nitrogens with zero attached hydrogens (tertiary/aromatic N) is 5. The quantitative estimate of drug-likeness (QED) is 0.485. The van der Waals surface area contributed by atoms with Crippen LogP contribution in [0.5, 0.6) is 5.75 Å². The van der Waals surface area contributed by atoms with E-state index in [4.69, 9.17) is 4.74 Å². The van der Waals surface area contributed by atoms with Gasteiger partial charge in [-0.2, -0.15) is 0 Å². The molecule has 3 aromatic rings. The van der Waals surface area contributed by atoms with Gasteiger partial charge in [-0.25, -0.2) is 32.2 Å². The van der Waals surface area contributed by atoms with Crippen molar-refractivity contribution in [2.75, 3.05) is 33.4 Å². The standard InChI is InChI=1S/C26H30F2N6O3S/c1-16(2)33-15-26(3,4)37-24-19(27)11-17(12-21(24)33)23-20(28)14-30-25(32-23)31-22-8-7-18(13-29-22)34-9-5-6-10-38(34,35)36/h7-8,11-14,16H,5-6,9-10,15H2,1-4H3,(H,29,30,31,32). The van der Waals surface area contributed by atoms with Gasteiger partial charge in [0, 0.05) is 18.2 Å². The highest BCUT2D eigenvalue weighted by Crippen LogP contribution is 2.43. The summed E-state index contributed by atoms with van der Waals surface area (Å²) in [5, 5.41) is 2.91. The van der Waals surface area contributed by atoms with Crippen LogP contribution < -0.4 is 19.3 Å². The van der Waals surface area contributed by atoms with Gasteiger partial charge in [-0.3, -0.25) is 4.31 Å². The minimum Gasteiger partial charge on any atom is -0.481 e. The van der Waals surface area contributed by atoms with E-state index in [1.807, 2.05) is 32.6 Å². The molecule has 1 saturated heterocycles. The zero-order valence-corrected chi connectivity index (χ0v) is 22.5. The molecule has 1 aromatic carbocycles. The van der Waals surface area contributed by atoms with E-state index >= 15 is 4.39 Å². The first-order chi connectivity index (χ1) is 17.9. The van der Waals surface area contributed by atoms with E-state index in [-0.39, 0.29) is 34.7 Å². The van der Waals surface area contributed by atoms with Crippen molar-refractivity contribution in [1.29, 1.82) is 0 Å². The van der Waals surface area contributed by atoms with Crippen LogP contribution in [0, 0.1) is 11.6 Å². The molecular formula is C26H30F2N6O3S. The smallest absolute Gasteiger partial charge is 0.235 e. The first-order valence-corrected chi connectivity index (χ1v) is 14.1. The van der Waals surface area contributed by atoms with Crippen LogP contribution in [-0.4, -0.2) is 53.9 Å². The number of sulfonamides is 1. The molecule has 0 atom stereocenters. The van der Waals surface area contributed by atoms with Crippen molar-refractivity contribution in [1.82, 2.24) is 15.0 Å². The van der Waals surface area contributed by atoms with E-state index in [1.165, 1.54) is 16.6 Å². The SMILES string of the molecule is CC(C)N1CC(C)(C)Oc2c(F)cc(-c3nc(Nc4ccc(N5CCCCS5(=O)=O)cn4)ncc3F)cc21. The second kappa shape index (κ2) is 9.64. The van der Waals surface area contributed by atoms with Gasteiger partial charge in [0.25, 0.3) is 0 Å². The van der Waals surface area contributed by atoms with Crippen LogP contribution in [0.15, 0.2) is 36.7 Å². The van der Waals surface area contributed by atoms with Gasteiger partial charge in [0.15, 0.2) is 17.4 Å². The Hall–Kier alpha value is -3.54. The fourth-order valence-electron chi connectivity index (χ4n) is 4.73. The van der Waals surface area contributed by atoms with Crippen molar-refractivity contribution >= 4 is 33.2 Å². The molecule has 0 radical (unpaired) electrons. The summed E-state index contributed by atoms with van der Waals surface area (Å²) in [5.74, 6) is -0.662. The highest BCUT2D eigenvalue weighted by molar-refractivity contribution is 7.92. The van der Waals surface area contributed by atoms with Gasteiger partial charge in [-0.05, 0) is 64.8 Å². The predicted octanol–water partition coefficient (Wildman–Crippen LogP) is 4.88. The fourth-order valence-corrected chi connectivity index (χ4v) is 6.35. The molecule has 1 N–H and O–H groups in total. The Kier molecular flexibility index (Phi) is 6.62. The molecular weight excluding hydrogens is 514 g/mol. The molecule has 9 nitrogen and oxygen atoms in total. The van der Waals surface area contributed by atoms with Gasteiger partial charge in [-0.15, -0.1) is 0 Å². The molecule has 5 rings (SSSR count). The Labute approximate surface area is 220 Å². The zero-order chi connectivity index (χ0) is 27.2. The molecule has 0 spiro atoms. The van der Waals surface area contributed by atoms with Gasteiger partial charge in [0.2, 0.25) is 16.0 Å². The lowest BCUT2D eigenvalue weighted by Gasteiger charge is -2.43. The number of pyridine rings is 1. The number of hydrogen-bond donors (Lipinski definition) is 1. The van der Waals surface area contributed by atoms with Gasteiger partial charge >= 0.3 is 0 Å². The average molecular weight is 545 g/mol. The number of anilines is 4. The summed E-state index contributed by atoms with van der Waals surface area (Å²) >= 11 is 0. The normalized spacial score (nSPS) is 18.2. The van der Waals surface area contributed by atoms with Crippen LogP contribution in [0.2, 0.25) is 0 Å². The van der Waals surface area contributed by atoms with E-state index < -0.39 is 27.3 Å². The third kappa shape index (κ3) is 5.09. The molecule has 0 aliphatic carbocycles. The van der Waals surface area contributed by atoms with E-state index in [9.17, 15) is 12.8 Å². The molecule has 1 fully saturated rings. The van der Waals surface area contributed by atoms with Gasteiger partial charge in [0.1, 0.15) is 17.1 Å². The van der Waals surface area contributed by atoms with Gasteiger partial charge in [-0.1, -0.05) is 0 Å². The van der Waals surface area contributed by atoms with Crippen LogP contribution >= 0.6 is 0 Å². The number of aromatic nitrogens is 3. The van der Waals surface area contributed by atoms with E-state index in [0.29, 0.717) is 36.7 Å². The number of hydrogen-bond acceptors (Lipinski definition) is 8. The molecule has 2 aliphatic heterocycles. The number of fused-ring (bicyclic) bond motifs is 1. The monoisotopic (exact) mass is 544 g/mol. The number of halogens is 2. The number of nitrogens with one attached hydrogen (secondary N) is 1. The second-order valence-corrected chi connectivity index (χ2v) is 12.4. The number of ether oxygens (including phenoxy) is 1. The Balaban J connectivity index is 1.43. The molecule has 0 saturated carbocycles. The maximum atomic E-state index is 15.2. The van der Waals surface area contributed by atoms with Crippen molar-refractivity contribution in [2.24, 2.45) is 0 Å². The second-order valence-electron chi connectivity index (χ2n) is 10.4. The fraction of sp³-hybridized carbons (Fsp3) is 0.423. The molecule has 2 aromatic heterocycles. The third-order valence-electron chi connectivity index (χ3n) is 6.53. The largest absolute Gasteiger partial charge is 0.481 e. The maximum Gasteiger partial charge on any atom is 0.235 e. The first kappa shape index (κ1) is 26.1. The summed E-state index contributed by atoms with van der Waals surface area (Å²) in [6, 6.07) is 6.19. The Bertz CT molecular complexity index is 1460. The summed E-state index contributed by atoms with van der Waals surface area (Å²) in [5.41, 5.74) is 0.593. The van der Waals surface area contributed by atoms with Crippen LogP contribution in [0.4, 0.5) is 31.9 Å². The van der Waals surface area contributed by atoms with E-state index in [1.54, 1.807) is 18.2 Å². The van der Waals surface area contributed by atoms with Crippen LogP contribution in [-0.2, 0) is 10.0 Å². The highest BCUT2D eigenvalue weighted by atomic mass is 32.2. The minimum absolute atomic E-state index is 0.0588. The van der Waals surface area contributed by atoms with Crippen molar-refractivity contribution in [3.8, 4) is 17.0 Å². The Morgan fingerprint density at radius 3 is 2.55 bits per heavy atom. The van der Waals surface area contributed by atoms with E-state index in [2.05, 4.69) is 20.3 Å². The highest BCUT2D eigenvalue weighted by Gasteiger charge is 2.35. The minimum atomic E-state index is -3.35. The molecule has 202 valence electrons. The van der Waals surface area contributed by atoms with Gasteiger partial charge in [0.05, 0.1) is 36.1 Å². The van der Waals surface area contributed by atoms with Gasteiger partial charge < -0.3 is 15.0 Å². The summed E-state index contributed by atoms with van der Waals surface area (Å²) in [7, 11) is -3.35. The van der Waals surface area contributed by atoms with Crippen LogP contribution in [0.25, 0.3) is 11.3 Å². The lowest BCUT2D eigenvalue weighted by molar-refractivity contribution is 0.0967. The summed E-state index contributed by atoms with van der Waals surface area (Å²) in [6.07, 6.45) is 3.89.